The van der Waals surface area contributed by atoms with E-state index in [-0.39, 0.29) is 0 Å². The van der Waals surface area contributed by atoms with Crippen LogP contribution in [-0.4, -0.2) is 24.3 Å². The molecule has 5 heteroatoms. The number of benzene rings is 5. The largest absolute Gasteiger partial charge is 0.306 e. The molecular formula is C44H27N5. The lowest BCUT2D eigenvalue weighted by molar-refractivity contribution is 1.20. The van der Waals surface area contributed by atoms with Crippen molar-refractivity contribution in [1.29, 1.82) is 0 Å². The number of imidazole rings is 1. The van der Waals surface area contributed by atoms with Crippen molar-refractivity contribution < 1.29 is 0 Å². The second-order valence-corrected chi connectivity index (χ2v) is 12.4. The Bertz CT molecular complexity index is 2860. The molecule has 10 rings (SSSR count). The molecule has 0 atom stereocenters. The van der Waals surface area contributed by atoms with Crippen molar-refractivity contribution in [1.82, 2.24) is 24.3 Å². The number of pyridine rings is 4. The highest BCUT2D eigenvalue weighted by atomic mass is 15.0. The fourth-order valence-electron chi connectivity index (χ4n) is 7.12. The molecule has 0 amide bonds. The van der Waals surface area contributed by atoms with E-state index in [4.69, 9.17) is 9.97 Å². The molecule has 228 valence electrons. The molecule has 0 spiro atoms. The summed E-state index contributed by atoms with van der Waals surface area (Å²) in [6, 6.07) is 48.8. The average Bonchev–Trinajstić information content (AvgIpc) is 3.63. The van der Waals surface area contributed by atoms with Gasteiger partial charge >= 0.3 is 0 Å². The van der Waals surface area contributed by atoms with Gasteiger partial charge in [-0.1, -0.05) is 109 Å². The molecule has 5 heterocycles. The molecule has 0 unspecified atom stereocenters. The van der Waals surface area contributed by atoms with Crippen LogP contribution >= 0.6 is 0 Å². The normalized spacial score (nSPS) is 11.7. The first kappa shape index (κ1) is 27.4. The molecular weight excluding hydrogens is 599 g/mol. The van der Waals surface area contributed by atoms with E-state index in [9.17, 15) is 0 Å². The number of rotatable bonds is 4. The Hall–Kier alpha value is -6.72. The van der Waals surface area contributed by atoms with Crippen LogP contribution in [0.15, 0.2) is 164 Å². The lowest BCUT2D eigenvalue weighted by atomic mass is 9.95. The standard InChI is InChI=1S/C44H27N5/c1-2-8-31(9-3-1)39-27-49-25-22-36-40(44(49)48-39)35-11-4-5-13-38(35)47-41(36)32-20-16-29(17-21-32)28-14-18-30(19-15-28)37-26-33-10-6-23-45-42(33)43-34(37)12-7-24-46-43/h1-27H. The predicted molar refractivity (Wildman–Crippen MR) is 200 cm³/mol. The maximum absolute atomic E-state index is 5.19. The summed E-state index contributed by atoms with van der Waals surface area (Å²) in [5.41, 5.74) is 12.4. The first-order chi connectivity index (χ1) is 24.3. The minimum Gasteiger partial charge on any atom is -0.306 e. The third kappa shape index (κ3) is 4.48. The number of para-hydroxylation sites is 1. The van der Waals surface area contributed by atoms with Gasteiger partial charge in [-0.25, -0.2) is 9.97 Å². The highest BCUT2D eigenvalue weighted by Crippen LogP contribution is 2.37. The molecule has 0 radical (unpaired) electrons. The van der Waals surface area contributed by atoms with E-state index < -0.39 is 0 Å². The van der Waals surface area contributed by atoms with Gasteiger partial charge in [0.1, 0.15) is 5.65 Å². The van der Waals surface area contributed by atoms with Gasteiger partial charge in [0.05, 0.1) is 27.9 Å². The Morgan fingerprint density at radius 3 is 1.96 bits per heavy atom. The molecule has 0 fully saturated rings. The minimum atomic E-state index is 0.926. The summed E-state index contributed by atoms with van der Waals surface area (Å²) in [5, 5.41) is 5.48. The zero-order chi connectivity index (χ0) is 32.3. The molecule has 0 aliphatic rings. The van der Waals surface area contributed by atoms with Gasteiger partial charge in [-0.3, -0.25) is 9.97 Å². The van der Waals surface area contributed by atoms with Gasteiger partial charge in [-0.05, 0) is 52.6 Å². The lowest BCUT2D eigenvalue weighted by Gasteiger charge is -2.12. The topological polar surface area (TPSA) is 56.0 Å². The second-order valence-electron chi connectivity index (χ2n) is 12.4. The number of hydrogen-bond donors (Lipinski definition) is 0. The quantitative estimate of drug-likeness (QED) is 0.183. The molecule has 0 saturated carbocycles. The maximum Gasteiger partial charge on any atom is 0.146 e. The van der Waals surface area contributed by atoms with Gasteiger partial charge in [-0.15, -0.1) is 0 Å². The van der Waals surface area contributed by atoms with Crippen LogP contribution in [0.4, 0.5) is 0 Å². The molecule has 0 bridgehead atoms. The molecule has 5 nitrogen and oxygen atoms in total. The maximum atomic E-state index is 5.19. The average molecular weight is 626 g/mol. The Labute approximate surface area is 281 Å². The molecule has 10 aromatic rings. The first-order valence-corrected chi connectivity index (χ1v) is 16.4. The van der Waals surface area contributed by atoms with E-state index in [0.717, 1.165) is 93.9 Å². The Kier molecular flexibility index (Phi) is 6.11. The van der Waals surface area contributed by atoms with Crippen molar-refractivity contribution in [2.24, 2.45) is 0 Å². The summed E-state index contributed by atoms with van der Waals surface area (Å²) >= 11 is 0. The van der Waals surface area contributed by atoms with E-state index in [1.165, 1.54) is 0 Å². The fraction of sp³-hybridized carbons (Fsp3) is 0. The number of fused-ring (bicyclic) bond motifs is 8. The summed E-state index contributed by atoms with van der Waals surface area (Å²) in [6.07, 6.45) is 7.87. The molecule has 5 aromatic heterocycles. The van der Waals surface area contributed by atoms with E-state index in [2.05, 4.69) is 142 Å². The Morgan fingerprint density at radius 1 is 0.469 bits per heavy atom. The van der Waals surface area contributed by atoms with Crippen LogP contribution < -0.4 is 0 Å². The van der Waals surface area contributed by atoms with Crippen molar-refractivity contribution in [2.45, 2.75) is 0 Å². The molecule has 0 N–H and O–H groups in total. The van der Waals surface area contributed by atoms with Gasteiger partial charge in [0.15, 0.2) is 0 Å². The van der Waals surface area contributed by atoms with Crippen LogP contribution in [0.3, 0.4) is 0 Å². The fourth-order valence-corrected chi connectivity index (χ4v) is 7.12. The molecule has 0 saturated heterocycles. The summed E-state index contributed by atoms with van der Waals surface area (Å²) in [4.78, 5) is 19.6. The van der Waals surface area contributed by atoms with Crippen molar-refractivity contribution >= 4 is 49.1 Å². The van der Waals surface area contributed by atoms with Gasteiger partial charge in [0.2, 0.25) is 0 Å². The van der Waals surface area contributed by atoms with Crippen LogP contribution in [0.1, 0.15) is 0 Å². The SMILES string of the molecule is c1ccc(-c2cn3ccc4c(-c5ccc(-c6ccc(-c7cc8cccnc8c8ncccc78)cc6)cc5)nc5ccccc5c4c3n2)cc1. The highest BCUT2D eigenvalue weighted by molar-refractivity contribution is 6.17. The van der Waals surface area contributed by atoms with Crippen molar-refractivity contribution in [2.75, 3.05) is 0 Å². The third-order valence-corrected chi connectivity index (χ3v) is 9.51. The van der Waals surface area contributed by atoms with Crippen LogP contribution in [0, 0.1) is 0 Å². The van der Waals surface area contributed by atoms with Gasteiger partial charge in [0, 0.05) is 62.8 Å². The van der Waals surface area contributed by atoms with E-state index in [1.54, 1.807) is 0 Å². The zero-order valence-electron chi connectivity index (χ0n) is 26.3. The number of nitrogens with zero attached hydrogens (tertiary/aromatic N) is 5. The number of aromatic nitrogens is 5. The predicted octanol–water partition coefficient (Wildman–Crippen LogP) is 10.8. The lowest BCUT2D eigenvalue weighted by Crippen LogP contribution is -1.93. The van der Waals surface area contributed by atoms with Crippen LogP contribution in [-0.2, 0) is 0 Å². The van der Waals surface area contributed by atoms with Gasteiger partial charge < -0.3 is 4.40 Å². The monoisotopic (exact) mass is 625 g/mol. The summed E-state index contributed by atoms with van der Waals surface area (Å²) in [7, 11) is 0. The Morgan fingerprint density at radius 2 is 1.14 bits per heavy atom. The highest BCUT2D eigenvalue weighted by Gasteiger charge is 2.16. The number of hydrogen-bond acceptors (Lipinski definition) is 4. The smallest absolute Gasteiger partial charge is 0.146 e. The van der Waals surface area contributed by atoms with Gasteiger partial charge in [0.25, 0.3) is 0 Å². The van der Waals surface area contributed by atoms with Crippen LogP contribution in [0.25, 0.3) is 93.9 Å². The molecule has 5 aromatic carbocycles. The molecule has 0 aliphatic carbocycles. The Balaban J connectivity index is 1.05. The zero-order valence-corrected chi connectivity index (χ0v) is 26.3. The summed E-state index contributed by atoms with van der Waals surface area (Å²) in [6.45, 7) is 0. The summed E-state index contributed by atoms with van der Waals surface area (Å²) in [5.74, 6) is 0. The molecule has 49 heavy (non-hydrogen) atoms. The van der Waals surface area contributed by atoms with E-state index in [0.29, 0.717) is 0 Å². The first-order valence-electron chi connectivity index (χ1n) is 16.4. The second kappa shape index (κ2) is 10.9. The minimum absolute atomic E-state index is 0.926. The van der Waals surface area contributed by atoms with Gasteiger partial charge in [-0.2, -0.15) is 0 Å². The van der Waals surface area contributed by atoms with Crippen molar-refractivity contribution in [3.05, 3.63) is 164 Å². The van der Waals surface area contributed by atoms with Crippen molar-refractivity contribution in [3.8, 4) is 44.8 Å². The third-order valence-electron chi connectivity index (χ3n) is 9.51. The molecule has 0 aliphatic heterocycles. The van der Waals surface area contributed by atoms with Crippen LogP contribution in [0.5, 0.6) is 0 Å². The van der Waals surface area contributed by atoms with E-state index in [1.807, 2.05) is 36.7 Å². The van der Waals surface area contributed by atoms with E-state index >= 15 is 0 Å². The van der Waals surface area contributed by atoms with Crippen LogP contribution in [0.2, 0.25) is 0 Å². The van der Waals surface area contributed by atoms with Crippen molar-refractivity contribution in [3.63, 3.8) is 0 Å². The summed E-state index contributed by atoms with van der Waals surface area (Å²) < 4.78 is 2.13.